The summed E-state index contributed by atoms with van der Waals surface area (Å²) in [6.45, 7) is 5.03. The Balaban J connectivity index is 1.57. The van der Waals surface area contributed by atoms with Gasteiger partial charge in [0.2, 0.25) is 11.8 Å². The van der Waals surface area contributed by atoms with Crippen molar-refractivity contribution in [1.29, 1.82) is 0 Å². The molecule has 2 N–H and O–H groups in total. The third kappa shape index (κ3) is 5.09. The zero-order valence-corrected chi connectivity index (χ0v) is 12.0. The molecule has 2 amide bonds. The van der Waals surface area contributed by atoms with Crippen LogP contribution in [0.1, 0.15) is 25.7 Å². The van der Waals surface area contributed by atoms with Gasteiger partial charge in [-0.05, 0) is 31.8 Å². The topological polar surface area (TPSA) is 70.7 Å². The van der Waals surface area contributed by atoms with Gasteiger partial charge in [0.05, 0.1) is 13.2 Å². The maximum atomic E-state index is 11.9. The highest BCUT2D eigenvalue weighted by molar-refractivity contribution is 5.79. The Bertz CT molecular complexity index is 324. The molecule has 20 heavy (non-hydrogen) atoms. The van der Waals surface area contributed by atoms with Gasteiger partial charge in [0, 0.05) is 32.5 Å². The predicted molar refractivity (Wildman–Crippen MR) is 75.2 cm³/mol. The number of rotatable bonds is 5. The van der Waals surface area contributed by atoms with E-state index in [1.54, 1.807) is 0 Å². The van der Waals surface area contributed by atoms with Crippen LogP contribution in [0.25, 0.3) is 0 Å². The van der Waals surface area contributed by atoms with Crippen molar-refractivity contribution in [1.82, 2.24) is 15.5 Å². The number of morpholine rings is 1. The van der Waals surface area contributed by atoms with Crippen LogP contribution in [0.4, 0.5) is 0 Å². The summed E-state index contributed by atoms with van der Waals surface area (Å²) in [6.07, 6.45) is 3.12. The fourth-order valence-corrected chi connectivity index (χ4v) is 2.70. The van der Waals surface area contributed by atoms with Gasteiger partial charge >= 0.3 is 0 Å². The molecule has 0 aromatic heterocycles. The number of hydrogen-bond donors (Lipinski definition) is 2. The summed E-state index contributed by atoms with van der Waals surface area (Å²) < 4.78 is 5.21. The Morgan fingerprint density at radius 3 is 2.60 bits per heavy atom. The number of amides is 2. The molecule has 0 radical (unpaired) electrons. The first kappa shape index (κ1) is 15.3. The highest BCUT2D eigenvalue weighted by Crippen LogP contribution is 2.15. The fraction of sp³-hybridized carbons (Fsp3) is 0.857. The Morgan fingerprint density at radius 2 is 1.90 bits per heavy atom. The van der Waals surface area contributed by atoms with E-state index < -0.39 is 0 Å². The molecule has 0 aromatic rings. The third-order valence-corrected chi connectivity index (χ3v) is 3.96. The number of carbonyl (C=O) groups is 2. The van der Waals surface area contributed by atoms with Crippen LogP contribution in [0.15, 0.2) is 0 Å². The molecular formula is C14H25N3O3. The predicted octanol–water partition coefficient (Wildman–Crippen LogP) is -0.259. The Labute approximate surface area is 120 Å². The summed E-state index contributed by atoms with van der Waals surface area (Å²) in [4.78, 5) is 25.5. The first-order valence-electron chi connectivity index (χ1n) is 7.58. The summed E-state index contributed by atoms with van der Waals surface area (Å²) in [5, 5.41) is 6.15. The molecule has 6 nitrogen and oxygen atoms in total. The van der Waals surface area contributed by atoms with Crippen molar-refractivity contribution in [2.75, 3.05) is 45.9 Å². The molecule has 0 saturated carbocycles. The van der Waals surface area contributed by atoms with Crippen LogP contribution in [0, 0.1) is 5.92 Å². The molecule has 0 bridgehead atoms. The quantitative estimate of drug-likeness (QED) is 0.729. The molecule has 0 aromatic carbocycles. The van der Waals surface area contributed by atoms with Crippen molar-refractivity contribution in [3.05, 3.63) is 0 Å². The number of carbonyl (C=O) groups excluding carboxylic acids is 2. The lowest BCUT2D eigenvalue weighted by molar-refractivity contribution is -0.135. The number of ether oxygens (including phenoxy) is 1. The first-order valence-corrected chi connectivity index (χ1v) is 7.58. The average molecular weight is 283 g/mol. The Morgan fingerprint density at radius 1 is 1.20 bits per heavy atom. The number of nitrogens with one attached hydrogen (secondary N) is 2. The standard InChI is InChI=1S/C14H25N3O3/c18-13(11-12-1-4-15-5-2-12)16-6-3-14(19)17-7-9-20-10-8-17/h12,15H,1-11H2,(H,16,18). The molecule has 0 aliphatic carbocycles. The molecule has 0 spiro atoms. The van der Waals surface area contributed by atoms with Gasteiger partial charge in [-0.1, -0.05) is 0 Å². The van der Waals surface area contributed by atoms with Crippen LogP contribution in [0.5, 0.6) is 0 Å². The van der Waals surface area contributed by atoms with Gasteiger partial charge in [0.1, 0.15) is 0 Å². The second-order valence-corrected chi connectivity index (χ2v) is 5.49. The first-order chi connectivity index (χ1) is 9.75. The van der Waals surface area contributed by atoms with Crippen LogP contribution in [0.2, 0.25) is 0 Å². The Hall–Kier alpha value is -1.14. The minimum atomic E-state index is 0.0756. The van der Waals surface area contributed by atoms with Crippen molar-refractivity contribution in [2.24, 2.45) is 5.92 Å². The van der Waals surface area contributed by atoms with Gasteiger partial charge in [-0.25, -0.2) is 0 Å². The van der Waals surface area contributed by atoms with Crippen LogP contribution in [-0.2, 0) is 14.3 Å². The lowest BCUT2D eigenvalue weighted by Crippen LogP contribution is -2.42. The highest BCUT2D eigenvalue weighted by Gasteiger charge is 2.18. The maximum absolute atomic E-state index is 11.9. The van der Waals surface area contributed by atoms with Gasteiger partial charge < -0.3 is 20.3 Å². The fourth-order valence-electron chi connectivity index (χ4n) is 2.70. The number of hydrogen-bond acceptors (Lipinski definition) is 4. The minimum absolute atomic E-state index is 0.0756. The van der Waals surface area contributed by atoms with E-state index in [-0.39, 0.29) is 11.8 Å². The summed E-state index contributed by atoms with van der Waals surface area (Å²) >= 11 is 0. The zero-order valence-electron chi connectivity index (χ0n) is 12.0. The van der Waals surface area contributed by atoms with Gasteiger partial charge in [0.15, 0.2) is 0 Å². The largest absolute Gasteiger partial charge is 0.378 e. The van der Waals surface area contributed by atoms with E-state index in [9.17, 15) is 9.59 Å². The normalized spacial score (nSPS) is 20.7. The molecule has 2 fully saturated rings. The molecule has 2 saturated heterocycles. The van der Waals surface area contributed by atoms with E-state index in [2.05, 4.69) is 10.6 Å². The summed E-state index contributed by atoms with van der Waals surface area (Å²) in [6, 6.07) is 0. The molecule has 2 aliphatic heterocycles. The van der Waals surface area contributed by atoms with Crippen molar-refractivity contribution >= 4 is 11.8 Å². The molecule has 2 rings (SSSR count). The highest BCUT2D eigenvalue weighted by atomic mass is 16.5. The van der Waals surface area contributed by atoms with Gasteiger partial charge in [-0.3, -0.25) is 9.59 Å². The zero-order chi connectivity index (χ0) is 14.2. The van der Waals surface area contributed by atoms with Gasteiger partial charge in [-0.15, -0.1) is 0 Å². The molecule has 6 heteroatoms. The van der Waals surface area contributed by atoms with Crippen molar-refractivity contribution in [2.45, 2.75) is 25.7 Å². The van der Waals surface area contributed by atoms with Gasteiger partial charge in [0.25, 0.3) is 0 Å². The van der Waals surface area contributed by atoms with Crippen molar-refractivity contribution in [3.8, 4) is 0 Å². The second kappa shape index (κ2) is 8.21. The van der Waals surface area contributed by atoms with Crippen LogP contribution >= 0.6 is 0 Å². The summed E-state index contributed by atoms with van der Waals surface area (Å²) in [5.41, 5.74) is 0. The van der Waals surface area contributed by atoms with E-state index in [1.807, 2.05) is 4.90 Å². The van der Waals surface area contributed by atoms with Gasteiger partial charge in [-0.2, -0.15) is 0 Å². The van der Waals surface area contributed by atoms with Crippen LogP contribution in [0.3, 0.4) is 0 Å². The van der Waals surface area contributed by atoms with Crippen LogP contribution in [-0.4, -0.2) is 62.7 Å². The SMILES string of the molecule is O=C(CC1CCNCC1)NCCC(=O)N1CCOCC1. The van der Waals surface area contributed by atoms with Crippen molar-refractivity contribution in [3.63, 3.8) is 0 Å². The summed E-state index contributed by atoms with van der Waals surface area (Å²) in [5.74, 6) is 0.674. The van der Waals surface area contributed by atoms with E-state index in [4.69, 9.17) is 4.74 Å². The third-order valence-electron chi connectivity index (χ3n) is 3.96. The molecular weight excluding hydrogens is 258 g/mol. The van der Waals surface area contributed by atoms with E-state index in [1.165, 1.54) is 0 Å². The molecule has 2 heterocycles. The molecule has 0 unspecified atom stereocenters. The second-order valence-electron chi connectivity index (χ2n) is 5.49. The average Bonchev–Trinajstić information content (AvgIpc) is 2.49. The molecule has 114 valence electrons. The van der Waals surface area contributed by atoms with Crippen molar-refractivity contribution < 1.29 is 14.3 Å². The maximum Gasteiger partial charge on any atom is 0.224 e. The monoisotopic (exact) mass is 283 g/mol. The number of piperidine rings is 1. The smallest absolute Gasteiger partial charge is 0.224 e. The van der Waals surface area contributed by atoms with Crippen LogP contribution < -0.4 is 10.6 Å². The molecule has 0 atom stereocenters. The van der Waals surface area contributed by atoms with E-state index in [0.717, 1.165) is 25.9 Å². The number of nitrogens with zero attached hydrogens (tertiary/aromatic N) is 1. The Kier molecular flexibility index (Phi) is 6.26. The lowest BCUT2D eigenvalue weighted by Gasteiger charge is -2.27. The summed E-state index contributed by atoms with van der Waals surface area (Å²) in [7, 11) is 0. The van der Waals surface area contributed by atoms with E-state index >= 15 is 0 Å². The lowest BCUT2D eigenvalue weighted by atomic mass is 9.94. The van der Waals surface area contributed by atoms with E-state index in [0.29, 0.717) is 51.6 Å². The minimum Gasteiger partial charge on any atom is -0.378 e. The molecule has 2 aliphatic rings.